The van der Waals surface area contributed by atoms with E-state index in [1.807, 2.05) is 0 Å². The molecular weight excluding hydrogens is 212 g/mol. The van der Waals surface area contributed by atoms with E-state index in [0.29, 0.717) is 0 Å². The highest BCUT2D eigenvalue weighted by Crippen LogP contribution is 2.23. The van der Waals surface area contributed by atoms with Gasteiger partial charge in [-0.3, -0.25) is 0 Å². The molecule has 15 heavy (non-hydrogen) atoms. The second-order valence-corrected chi connectivity index (χ2v) is 3.25. The minimum atomic E-state index is -2.16. The maximum absolute atomic E-state index is 10.3. The molecule has 6 unspecified atom stereocenters. The Morgan fingerprint density at radius 1 is 1.13 bits per heavy atom. The molecule has 0 aromatic rings. The van der Waals surface area contributed by atoms with Gasteiger partial charge in [0.2, 0.25) is 0 Å². The third-order valence-electron chi connectivity index (χ3n) is 2.19. The molecule has 0 aliphatic carbocycles. The van der Waals surface area contributed by atoms with Crippen LogP contribution < -0.4 is 0 Å². The van der Waals surface area contributed by atoms with E-state index in [4.69, 9.17) is 20.4 Å². The van der Waals surface area contributed by atoms with Gasteiger partial charge in [0, 0.05) is 0 Å². The fraction of sp³-hybridized carbons (Fsp3) is 0.857. The Morgan fingerprint density at radius 3 is 2.00 bits per heavy atom. The molecule has 6 N–H and O–H groups in total. The van der Waals surface area contributed by atoms with Crippen molar-refractivity contribution in [3.8, 4) is 0 Å². The van der Waals surface area contributed by atoms with Crippen LogP contribution in [-0.4, -0.2) is 73.4 Å². The Morgan fingerprint density at radius 2 is 1.67 bits per heavy atom. The number of hydrogen-bond donors (Lipinski definition) is 6. The highest BCUT2D eigenvalue weighted by Gasteiger charge is 2.48. The Kier molecular flexibility index (Phi) is 3.60. The van der Waals surface area contributed by atoms with Crippen molar-refractivity contribution < 1.29 is 40.2 Å². The summed E-state index contributed by atoms with van der Waals surface area (Å²) in [4.78, 5) is 10.3. The Hall–Kier alpha value is -0.770. The number of aliphatic hydroxyl groups excluding tert-OH is 5. The number of carboxylic acids is 1. The summed E-state index contributed by atoms with van der Waals surface area (Å²) in [5.41, 5.74) is 0. The normalized spacial score (nSPS) is 40.1. The molecule has 1 heterocycles. The topological polar surface area (TPSA) is 148 Å². The smallest absolute Gasteiger partial charge is 0.335 e. The Labute approximate surface area is 84.0 Å². The van der Waals surface area contributed by atoms with Crippen LogP contribution in [0.25, 0.3) is 0 Å². The van der Waals surface area contributed by atoms with Crippen LogP contribution in [-0.2, 0) is 9.53 Å². The molecule has 0 spiro atoms. The second-order valence-electron chi connectivity index (χ2n) is 3.25. The van der Waals surface area contributed by atoms with Gasteiger partial charge in [-0.25, -0.2) is 4.79 Å². The first-order chi connectivity index (χ1) is 6.86. The van der Waals surface area contributed by atoms with Gasteiger partial charge in [0.1, 0.15) is 24.4 Å². The molecule has 0 saturated carbocycles. The molecule has 0 radical (unpaired) electrons. The largest absolute Gasteiger partial charge is 0.479 e. The van der Waals surface area contributed by atoms with Gasteiger partial charge in [-0.1, -0.05) is 0 Å². The fourth-order valence-corrected chi connectivity index (χ4v) is 1.29. The highest BCUT2D eigenvalue weighted by molar-refractivity contribution is 5.72. The molecule has 0 bridgehead atoms. The van der Waals surface area contributed by atoms with Crippen LogP contribution in [0, 0.1) is 0 Å². The summed E-state index contributed by atoms with van der Waals surface area (Å²) in [5.74, 6) is -1.70. The maximum atomic E-state index is 10.3. The van der Waals surface area contributed by atoms with E-state index in [1.165, 1.54) is 0 Å². The second kappa shape index (κ2) is 4.39. The molecular formula is C7H12O8. The molecule has 8 nitrogen and oxygen atoms in total. The molecule has 1 rings (SSSR count). The maximum Gasteiger partial charge on any atom is 0.335 e. The first-order valence-electron chi connectivity index (χ1n) is 4.15. The SMILES string of the molecule is O=C(O)C(O)C(O)C1OC(O)C(O)C1O. The standard InChI is InChI=1S/C7H12O8/c8-1(3(10)6(12)13)5-2(9)4(11)7(14)15-5/h1-5,7-11,14H,(H,12,13). The van der Waals surface area contributed by atoms with Crippen molar-refractivity contribution in [3.63, 3.8) is 0 Å². The number of ether oxygens (including phenoxy) is 1. The Balaban J connectivity index is 2.69. The Bertz CT molecular complexity index is 243. The first-order valence-corrected chi connectivity index (χ1v) is 4.15. The number of rotatable bonds is 3. The zero-order chi connectivity index (χ0) is 11.7. The average molecular weight is 224 g/mol. The quantitative estimate of drug-likeness (QED) is 0.286. The van der Waals surface area contributed by atoms with E-state index in [1.54, 1.807) is 0 Å². The zero-order valence-corrected chi connectivity index (χ0v) is 7.46. The molecule has 1 fully saturated rings. The van der Waals surface area contributed by atoms with Crippen molar-refractivity contribution in [1.29, 1.82) is 0 Å². The van der Waals surface area contributed by atoms with Crippen molar-refractivity contribution in [2.45, 2.75) is 36.8 Å². The summed E-state index contributed by atoms with van der Waals surface area (Å²) in [5, 5.41) is 53.8. The van der Waals surface area contributed by atoms with Gasteiger partial charge in [0.15, 0.2) is 12.4 Å². The average Bonchev–Trinajstić information content (AvgIpc) is 2.43. The summed E-state index contributed by atoms with van der Waals surface area (Å²) in [7, 11) is 0. The van der Waals surface area contributed by atoms with Crippen molar-refractivity contribution in [1.82, 2.24) is 0 Å². The lowest BCUT2D eigenvalue weighted by Crippen LogP contribution is -2.47. The van der Waals surface area contributed by atoms with Gasteiger partial charge >= 0.3 is 5.97 Å². The molecule has 1 aliphatic heterocycles. The number of aliphatic carboxylic acids is 1. The van der Waals surface area contributed by atoms with E-state index in [-0.39, 0.29) is 0 Å². The van der Waals surface area contributed by atoms with Gasteiger partial charge in [0.25, 0.3) is 0 Å². The van der Waals surface area contributed by atoms with E-state index in [2.05, 4.69) is 4.74 Å². The number of carbonyl (C=O) groups is 1. The first kappa shape index (κ1) is 12.3. The van der Waals surface area contributed by atoms with E-state index >= 15 is 0 Å². The van der Waals surface area contributed by atoms with Gasteiger partial charge in [-0.05, 0) is 0 Å². The minimum Gasteiger partial charge on any atom is -0.479 e. The lowest BCUT2D eigenvalue weighted by molar-refractivity contribution is -0.176. The summed E-state index contributed by atoms with van der Waals surface area (Å²) < 4.78 is 4.50. The molecule has 8 heteroatoms. The van der Waals surface area contributed by atoms with Gasteiger partial charge in [0.05, 0.1) is 0 Å². The predicted molar refractivity (Wildman–Crippen MR) is 42.5 cm³/mol. The van der Waals surface area contributed by atoms with Crippen LogP contribution in [0.4, 0.5) is 0 Å². The third-order valence-corrected chi connectivity index (χ3v) is 2.19. The van der Waals surface area contributed by atoms with Crippen LogP contribution in [0.15, 0.2) is 0 Å². The molecule has 0 amide bonds. The molecule has 1 saturated heterocycles. The van der Waals surface area contributed by atoms with Crippen LogP contribution in [0.5, 0.6) is 0 Å². The van der Waals surface area contributed by atoms with Crippen molar-refractivity contribution in [2.75, 3.05) is 0 Å². The summed E-state index contributed by atoms with van der Waals surface area (Å²) in [6, 6.07) is 0. The van der Waals surface area contributed by atoms with Crippen LogP contribution in [0.3, 0.4) is 0 Å². The monoisotopic (exact) mass is 224 g/mol. The van der Waals surface area contributed by atoms with E-state index in [0.717, 1.165) is 0 Å². The van der Waals surface area contributed by atoms with Crippen LogP contribution >= 0.6 is 0 Å². The number of carboxylic acid groups (broad SMARTS) is 1. The number of aliphatic hydroxyl groups is 5. The molecule has 6 atom stereocenters. The minimum absolute atomic E-state index is 1.55. The fourth-order valence-electron chi connectivity index (χ4n) is 1.29. The van der Waals surface area contributed by atoms with E-state index < -0.39 is 42.8 Å². The van der Waals surface area contributed by atoms with Gasteiger partial charge in [-0.2, -0.15) is 0 Å². The number of hydrogen-bond acceptors (Lipinski definition) is 7. The molecule has 1 aliphatic rings. The van der Waals surface area contributed by atoms with E-state index in [9.17, 15) is 15.0 Å². The summed E-state index contributed by atoms with van der Waals surface area (Å²) in [6.07, 6.45) is -10.7. The highest BCUT2D eigenvalue weighted by atomic mass is 16.6. The van der Waals surface area contributed by atoms with Gasteiger partial charge < -0.3 is 35.4 Å². The molecule has 88 valence electrons. The third kappa shape index (κ3) is 2.25. The summed E-state index contributed by atoms with van der Waals surface area (Å²) in [6.45, 7) is 0. The van der Waals surface area contributed by atoms with Crippen molar-refractivity contribution in [2.24, 2.45) is 0 Å². The lowest BCUT2D eigenvalue weighted by Gasteiger charge is -2.22. The van der Waals surface area contributed by atoms with Crippen LogP contribution in [0.2, 0.25) is 0 Å². The predicted octanol–water partition coefficient (Wildman–Crippen LogP) is -3.77. The molecule has 0 aromatic heterocycles. The van der Waals surface area contributed by atoms with Crippen molar-refractivity contribution >= 4 is 5.97 Å². The molecule has 0 aromatic carbocycles. The van der Waals surface area contributed by atoms with Crippen LogP contribution in [0.1, 0.15) is 0 Å². The summed E-state index contributed by atoms with van der Waals surface area (Å²) >= 11 is 0. The van der Waals surface area contributed by atoms with Gasteiger partial charge in [-0.15, -0.1) is 0 Å². The van der Waals surface area contributed by atoms with Crippen molar-refractivity contribution in [3.05, 3.63) is 0 Å². The lowest BCUT2D eigenvalue weighted by atomic mass is 10.0. The zero-order valence-electron chi connectivity index (χ0n) is 7.46.